The molecule has 2 aromatic rings. The third-order valence-corrected chi connectivity index (χ3v) is 2.94. The van der Waals surface area contributed by atoms with Crippen molar-refractivity contribution in [2.24, 2.45) is 0 Å². The van der Waals surface area contributed by atoms with E-state index in [4.69, 9.17) is 5.73 Å². The summed E-state index contributed by atoms with van der Waals surface area (Å²) in [6.07, 6.45) is 0. The molecule has 0 atom stereocenters. The zero-order valence-corrected chi connectivity index (χ0v) is 9.72. The zero-order valence-electron chi connectivity index (χ0n) is 8.13. The van der Waals surface area contributed by atoms with E-state index in [0.717, 1.165) is 32.3 Å². The highest BCUT2D eigenvalue weighted by molar-refractivity contribution is 9.10. The number of nitrogens with zero attached hydrogens (tertiary/aromatic N) is 1. The summed E-state index contributed by atoms with van der Waals surface area (Å²) >= 11 is 3.43. The number of benzene rings is 1. The van der Waals surface area contributed by atoms with Gasteiger partial charge in [-0.25, -0.2) is 0 Å². The van der Waals surface area contributed by atoms with E-state index in [1.807, 2.05) is 32.0 Å². The van der Waals surface area contributed by atoms with Gasteiger partial charge in [0.2, 0.25) is 0 Å². The normalized spacial score (nSPS) is 10.8. The number of pyridine rings is 1. The smallest absolute Gasteiger partial charge is 0.0720 e. The molecule has 0 saturated carbocycles. The third-order valence-electron chi connectivity index (χ3n) is 2.45. The maximum Gasteiger partial charge on any atom is 0.0720 e. The molecule has 2 rings (SSSR count). The Morgan fingerprint density at radius 1 is 1.29 bits per heavy atom. The molecular formula is C11H11BrN2. The molecule has 0 unspecified atom stereocenters. The minimum Gasteiger partial charge on any atom is -0.397 e. The number of rotatable bonds is 0. The first-order valence-electron chi connectivity index (χ1n) is 4.41. The van der Waals surface area contributed by atoms with E-state index in [2.05, 4.69) is 20.9 Å². The molecule has 0 aliphatic heterocycles. The summed E-state index contributed by atoms with van der Waals surface area (Å²) in [6.45, 7) is 3.96. The maximum absolute atomic E-state index is 5.91. The van der Waals surface area contributed by atoms with Crippen LogP contribution in [-0.2, 0) is 0 Å². The summed E-state index contributed by atoms with van der Waals surface area (Å²) in [5.74, 6) is 0. The van der Waals surface area contributed by atoms with Gasteiger partial charge in [-0.3, -0.25) is 4.98 Å². The van der Waals surface area contributed by atoms with Crippen LogP contribution < -0.4 is 5.73 Å². The van der Waals surface area contributed by atoms with Crippen LogP contribution in [-0.4, -0.2) is 4.98 Å². The van der Waals surface area contributed by atoms with Crippen molar-refractivity contribution in [3.05, 3.63) is 33.9 Å². The molecule has 0 amide bonds. The van der Waals surface area contributed by atoms with E-state index in [1.54, 1.807) is 0 Å². The lowest BCUT2D eigenvalue weighted by Gasteiger charge is -2.08. The number of anilines is 1. The molecule has 0 aliphatic carbocycles. The fraction of sp³-hybridized carbons (Fsp3) is 0.182. The lowest BCUT2D eigenvalue weighted by atomic mass is 10.1. The van der Waals surface area contributed by atoms with E-state index in [1.165, 1.54) is 0 Å². The number of hydrogen-bond acceptors (Lipinski definition) is 2. The molecular weight excluding hydrogens is 240 g/mol. The monoisotopic (exact) mass is 250 g/mol. The Balaban J connectivity index is 2.91. The molecule has 2 nitrogen and oxygen atoms in total. The van der Waals surface area contributed by atoms with Gasteiger partial charge in [-0.2, -0.15) is 0 Å². The molecule has 1 heterocycles. The van der Waals surface area contributed by atoms with Gasteiger partial charge >= 0.3 is 0 Å². The Morgan fingerprint density at radius 2 is 2.00 bits per heavy atom. The van der Waals surface area contributed by atoms with Gasteiger partial charge in [0.05, 0.1) is 16.9 Å². The molecule has 0 fully saturated rings. The van der Waals surface area contributed by atoms with Crippen LogP contribution in [0.2, 0.25) is 0 Å². The largest absolute Gasteiger partial charge is 0.397 e. The van der Waals surface area contributed by atoms with Crippen molar-refractivity contribution in [1.29, 1.82) is 0 Å². The van der Waals surface area contributed by atoms with Gasteiger partial charge in [0.25, 0.3) is 0 Å². The Morgan fingerprint density at radius 3 is 2.71 bits per heavy atom. The first-order valence-corrected chi connectivity index (χ1v) is 5.21. The van der Waals surface area contributed by atoms with Crippen LogP contribution >= 0.6 is 15.9 Å². The summed E-state index contributed by atoms with van der Waals surface area (Å²) in [7, 11) is 0. The molecule has 0 spiro atoms. The Kier molecular flexibility index (Phi) is 2.19. The highest BCUT2D eigenvalue weighted by atomic mass is 79.9. The van der Waals surface area contributed by atoms with Gasteiger partial charge in [0.1, 0.15) is 0 Å². The Labute approximate surface area is 91.3 Å². The standard InChI is InChI=1S/C11H11BrN2/c1-6-9-4-3-8(12)5-10(9)14-7(2)11(6)13/h3-5H,13H2,1-2H3. The number of halogens is 1. The molecule has 72 valence electrons. The van der Waals surface area contributed by atoms with E-state index >= 15 is 0 Å². The van der Waals surface area contributed by atoms with E-state index in [-0.39, 0.29) is 0 Å². The summed E-state index contributed by atoms with van der Waals surface area (Å²) < 4.78 is 1.04. The van der Waals surface area contributed by atoms with Crippen LogP contribution in [0.4, 0.5) is 5.69 Å². The number of aryl methyl sites for hydroxylation is 2. The van der Waals surface area contributed by atoms with Crippen molar-refractivity contribution in [2.45, 2.75) is 13.8 Å². The number of fused-ring (bicyclic) bond motifs is 1. The van der Waals surface area contributed by atoms with Crippen molar-refractivity contribution < 1.29 is 0 Å². The number of hydrogen-bond donors (Lipinski definition) is 1. The minimum atomic E-state index is 0.792. The summed E-state index contributed by atoms with van der Waals surface area (Å²) in [4.78, 5) is 4.44. The van der Waals surface area contributed by atoms with E-state index in [9.17, 15) is 0 Å². The predicted molar refractivity (Wildman–Crippen MR) is 63.3 cm³/mol. The van der Waals surface area contributed by atoms with Crippen molar-refractivity contribution in [3.63, 3.8) is 0 Å². The van der Waals surface area contributed by atoms with Crippen molar-refractivity contribution in [1.82, 2.24) is 4.98 Å². The molecule has 1 aromatic carbocycles. The first-order chi connectivity index (χ1) is 6.59. The topological polar surface area (TPSA) is 38.9 Å². The van der Waals surface area contributed by atoms with E-state index in [0.29, 0.717) is 0 Å². The maximum atomic E-state index is 5.91. The quantitative estimate of drug-likeness (QED) is 0.780. The molecule has 1 aromatic heterocycles. The average Bonchev–Trinajstić information content (AvgIpc) is 2.14. The second-order valence-corrected chi connectivity index (χ2v) is 4.31. The Hall–Kier alpha value is -1.09. The summed E-state index contributed by atoms with van der Waals surface area (Å²) in [5.41, 5.74) is 9.70. The third kappa shape index (κ3) is 1.38. The number of aromatic nitrogens is 1. The van der Waals surface area contributed by atoms with Crippen molar-refractivity contribution >= 4 is 32.5 Å². The highest BCUT2D eigenvalue weighted by Gasteiger charge is 2.05. The molecule has 0 saturated heterocycles. The van der Waals surface area contributed by atoms with E-state index < -0.39 is 0 Å². The predicted octanol–water partition coefficient (Wildman–Crippen LogP) is 3.20. The zero-order chi connectivity index (χ0) is 10.3. The fourth-order valence-electron chi connectivity index (χ4n) is 1.57. The van der Waals surface area contributed by atoms with Crippen LogP contribution in [0, 0.1) is 13.8 Å². The fourth-order valence-corrected chi connectivity index (χ4v) is 1.92. The lowest BCUT2D eigenvalue weighted by molar-refractivity contribution is 1.24. The van der Waals surface area contributed by atoms with Crippen LogP contribution in [0.3, 0.4) is 0 Å². The van der Waals surface area contributed by atoms with Crippen molar-refractivity contribution in [2.75, 3.05) is 5.73 Å². The lowest BCUT2D eigenvalue weighted by Crippen LogP contribution is -1.97. The molecule has 2 N–H and O–H groups in total. The van der Waals surface area contributed by atoms with Crippen LogP contribution in [0.1, 0.15) is 11.3 Å². The van der Waals surface area contributed by atoms with Crippen LogP contribution in [0.15, 0.2) is 22.7 Å². The van der Waals surface area contributed by atoms with Gasteiger partial charge in [-0.1, -0.05) is 22.0 Å². The van der Waals surface area contributed by atoms with Crippen LogP contribution in [0.5, 0.6) is 0 Å². The van der Waals surface area contributed by atoms with Gasteiger partial charge in [-0.15, -0.1) is 0 Å². The second kappa shape index (κ2) is 3.24. The summed E-state index contributed by atoms with van der Waals surface area (Å²) in [5, 5.41) is 1.12. The molecule has 0 radical (unpaired) electrons. The highest BCUT2D eigenvalue weighted by Crippen LogP contribution is 2.26. The van der Waals surface area contributed by atoms with Gasteiger partial charge in [0.15, 0.2) is 0 Å². The first kappa shape index (κ1) is 9.46. The summed E-state index contributed by atoms with van der Waals surface area (Å²) in [6, 6.07) is 6.05. The number of nitrogen functional groups attached to an aromatic ring is 1. The minimum absolute atomic E-state index is 0.792. The van der Waals surface area contributed by atoms with Crippen LogP contribution in [0.25, 0.3) is 10.9 Å². The molecule has 0 aliphatic rings. The molecule has 0 bridgehead atoms. The van der Waals surface area contributed by atoms with Crippen molar-refractivity contribution in [3.8, 4) is 0 Å². The average molecular weight is 251 g/mol. The second-order valence-electron chi connectivity index (χ2n) is 3.40. The van der Waals surface area contributed by atoms with Gasteiger partial charge < -0.3 is 5.73 Å². The number of nitrogens with two attached hydrogens (primary N) is 1. The van der Waals surface area contributed by atoms with Gasteiger partial charge in [0, 0.05) is 9.86 Å². The molecule has 3 heteroatoms. The Bertz CT molecular complexity index is 506. The molecule has 14 heavy (non-hydrogen) atoms. The van der Waals surface area contributed by atoms with Gasteiger partial charge in [-0.05, 0) is 31.5 Å². The SMILES string of the molecule is Cc1nc2cc(Br)ccc2c(C)c1N.